The highest BCUT2D eigenvalue weighted by atomic mass is 32.2. The van der Waals surface area contributed by atoms with Crippen LogP contribution in [-0.2, 0) is 0 Å². The van der Waals surface area contributed by atoms with Crippen LogP contribution in [-0.4, -0.2) is 19.1 Å². The van der Waals surface area contributed by atoms with Gasteiger partial charge in [0.2, 0.25) is 0 Å². The fraction of sp³-hybridized carbons (Fsp3) is 0.308. The van der Waals surface area contributed by atoms with Crippen LogP contribution >= 0.6 is 23.1 Å². The number of thiazole rings is 1. The molecule has 0 aliphatic rings. The molecular formula is C13H16N2OS2. The van der Waals surface area contributed by atoms with Gasteiger partial charge in [0.05, 0.1) is 17.5 Å². The molecular weight excluding hydrogens is 264 g/mol. The van der Waals surface area contributed by atoms with Gasteiger partial charge in [0, 0.05) is 11.9 Å². The summed E-state index contributed by atoms with van der Waals surface area (Å²) in [6, 6.07) is 4.25. The van der Waals surface area contributed by atoms with Crippen LogP contribution in [0.15, 0.2) is 27.4 Å². The Hall–Kier alpha value is -1.20. The van der Waals surface area contributed by atoms with E-state index in [0.29, 0.717) is 0 Å². The van der Waals surface area contributed by atoms with Crippen LogP contribution in [0.1, 0.15) is 11.1 Å². The molecule has 1 heterocycles. The standard InChI is InChI=1S/C13H16N2OS2/c1-8-6-11(9(2)5-10(8)16-4)17-12-7-15-13(14-3)18-12/h5-7H,1-4H3,(H,14,15). The second-order valence-corrected chi connectivity index (χ2v) is 6.30. The fourth-order valence-corrected chi connectivity index (χ4v) is 3.58. The van der Waals surface area contributed by atoms with Crippen molar-refractivity contribution < 1.29 is 4.74 Å². The molecule has 0 fully saturated rings. The maximum absolute atomic E-state index is 5.32. The predicted molar refractivity (Wildman–Crippen MR) is 78.3 cm³/mol. The lowest BCUT2D eigenvalue weighted by atomic mass is 10.1. The minimum atomic E-state index is 0.942. The quantitative estimate of drug-likeness (QED) is 0.919. The number of hydrogen-bond acceptors (Lipinski definition) is 5. The van der Waals surface area contributed by atoms with Gasteiger partial charge in [0.15, 0.2) is 5.13 Å². The van der Waals surface area contributed by atoms with Crippen LogP contribution in [0.2, 0.25) is 0 Å². The van der Waals surface area contributed by atoms with Crippen molar-refractivity contribution in [3.63, 3.8) is 0 Å². The molecule has 96 valence electrons. The van der Waals surface area contributed by atoms with Crippen LogP contribution in [0.4, 0.5) is 5.13 Å². The van der Waals surface area contributed by atoms with Crippen molar-refractivity contribution in [2.24, 2.45) is 0 Å². The number of aromatic nitrogens is 1. The molecule has 1 aromatic heterocycles. The molecule has 0 radical (unpaired) electrons. The van der Waals surface area contributed by atoms with Crippen molar-refractivity contribution in [1.82, 2.24) is 4.98 Å². The average Bonchev–Trinajstić information content (AvgIpc) is 2.81. The summed E-state index contributed by atoms with van der Waals surface area (Å²) in [6.45, 7) is 4.17. The Balaban J connectivity index is 2.26. The lowest BCUT2D eigenvalue weighted by Crippen LogP contribution is -1.89. The zero-order valence-electron chi connectivity index (χ0n) is 10.9. The van der Waals surface area contributed by atoms with Crippen molar-refractivity contribution in [2.75, 3.05) is 19.5 Å². The number of nitrogens with one attached hydrogen (secondary N) is 1. The summed E-state index contributed by atoms with van der Waals surface area (Å²) in [5.41, 5.74) is 2.38. The maximum atomic E-state index is 5.32. The average molecular weight is 280 g/mol. The van der Waals surface area contributed by atoms with Gasteiger partial charge in [-0.05, 0) is 37.1 Å². The van der Waals surface area contributed by atoms with E-state index in [4.69, 9.17) is 4.74 Å². The molecule has 3 nitrogen and oxygen atoms in total. The predicted octanol–water partition coefficient (Wildman–Crippen LogP) is 3.96. The van der Waals surface area contributed by atoms with Gasteiger partial charge in [-0.25, -0.2) is 4.98 Å². The van der Waals surface area contributed by atoms with E-state index in [1.165, 1.54) is 14.7 Å². The van der Waals surface area contributed by atoms with Crippen LogP contribution in [0.3, 0.4) is 0 Å². The highest BCUT2D eigenvalue weighted by Crippen LogP contribution is 2.37. The van der Waals surface area contributed by atoms with Gasteiger partial charge in [0.25, 0.3) is 0 Å². The minimum Gasteiger partial charge on any atom is -0.496 e. The molecule has 0 spiro atoms. The van der Waals surface area contributed by atoms with Gasteiger partial charge < -0.3 is 10.1 Å². The van der Waals surface area contributed by atoms with E-state index in [9.17, 15) is 0 Å². The number of ether oxygens (including phenoxy) is 1. The van der Waals surface area contributed by atoms with E-state index >= 15 is 0 Å². The van der Waals surface area contributed by atoms with Crippen molar-refractivity contribution >= 4 is 28.2 Å². The summed E-state index contributed by atoms with van der Waals surface area (Å²) in [6.07, 6.45) is 1.90. The Labute approximate surface area is 116 Å². The molecule has 2 rings (SSSR count). The molecule has 1 N–H and O–H groups in total. The summed E-state index contributed by atoms with van der Waals surface area (Å²) in [5, 5.41) is 4.00. The smallest absolute Gasteiger partial charge is 0.183 e. The first-order valence-corrected chi connectivity index (χ1v) is 7.24. The van der Waals surface area contributed by atoms with Gasteiger partial charge in [-0.3, -0.25) is 0 Å². The van der Waals surface area contributed by atoms with Crippen molar-refractivity contribution in [3.05, 3.63) is 29.5 Å². The zero-order chi connectivity index (χ0) is 13.1. The Morgan fingerprint density at radius 2 is 2.06 bits per heavy atom. The second-order valence-electron chi connectivity index (χ2n) is 3.92. The fourth-order valence-electron chi connectivity index (χ4n) is 1.62. The van der Waals surface area contributed by atoms with Crippen molar-refractivity contribution in [1.29, 1.82) is 0 Å². The van der Waals surface area contributed by atoms with Crippen molar-refractivity contribution in [3.8, 4) is 5.75 Å². The molecule has 0 saturated carbocycles. The Kier molecular flexibility index (Phi) is 4.14. The Morgan fingerprint density at radius 1 is 1.28 bits per heavy atom. The molecule has 0 amide bonds. The Morgan fingerprint density at radius 3 is 2.67 bits per heavy atom. The first kappa shape index (κ1) is 13.2. The van der Waals surface area contributed by atoms with E-state index in [0.717, 1.165) is 16.4 Å². The van der Waals surface area contributed by atoms with Crippen LogP contribution in [0, 0.1) is 13.8 Å². The zero-order valence-corrected chi connectivity index (χ0v) is 12.5. The third kappa shape index (κ3) is 2.79. The van der Waals surface area contributed by atoms with Gasteiger partial charge in [-0.1, -0.05) is 23.1 Å². The molecule has 1 aromatic carbocycles. The number of methoxy groups -OCH3 is 1. The molecule has 5 heteroatoms. The molecule has 0 saturated heterocycles. The van der Waals surface area contributed by atoms with E-state index in [1.54, 1.807) is 30.2 Å². The SMILES string of the molecule is CNc1ncc(Sc2cc(C)c(OC)cc2C)s1. The Bertz CT molecular complexity index is 552. The summed E-state index contributed by atoms with van der Waals surface area (Å²) in [4.78, 5) is 5.53. The van der Waals surface area contributed by atoms with Gasteiger partial charge >= 0.3 is 0 Å². The topological polar surface area (TPSA) is 34.2 Å². The number of hydrogen-bond donors (Lipinski definition) is 1. The number of rotatable bonds is 4. The van der Waals surface area contributed by atoms with Crippen LogP contribution in [0.5, 0.6) is 5.75 Å². The second kappa shape index (κ2) is 5.63. The number of anilines is 1. The highest BCUT2D eigenvalue weighted by molar-refractivity contribution is 8.01. The normalized spacial score (nSPS) is 10.4. The maximum Gasteiger partial charge on any atom is 0.183 e. The molecule has 0 atom stereocenters. The summed E-state index contributed by atoms with van der Waals surface area (Å²) < 4.78 is 6.51. The number of nitrogens with zero attached hydrogens (tertiary/aromatic N) is 1. The summed E-state index contributed by atoms with van der Waals surface area (Å²) >= 11 is 3.41. The minimum absolute atomic E-state index is 0.942. The van der Waals surface area contributed by atoms with E-state index in [1.807, 2.05) is 13.2 Å². The van der Waals surface area contributed by atoms with Gasteiger partial charge in [-0.15, -0.1) is 0 Å². The monoisotopic (exact) mass is 280 g/mol. The lowest BCUT2D eigenvalue weighted by Gasteiger charge is -2.09. The van der Waals surface area contributed by atoms with Crippen molar-refractivity contribution in [2.45, 2.75) is 23.0 Å². The number of aryl methyl sites for hydroxylation is 2. The summed E-state index contributed by atoms with van der Waals surface area (Å²) in [5.74, 6) is 0.942. The van der Waals surface area contributed by atoms with E-state index in [-0.39, 0.29) is 0 Å². The molecule has 18 heavy (non-hydrogen) atoms. The van der Waals surface area contributed by atoms with E-state index < -0.39 is 0 Å². The van der Waals surface area contributed by atoms with Crippen LogP contribution < -0.4 is 10.1 Å². The van der Waals surface area contributed by atoms with Gasteiger partial charge in [0.1, 0.15) is 5.75 Å². The first-order valence-electron chi connectivity index (χ1n) is 5.60. The molecule has 0 aliphatic heterocycles. The summed E-state index contributed by atoms with van der Waals surface area (Å²) in [7, 11) is 3.59. The largest absolute Gasteiger partial charge is 0.496 e. The third-order valence-corrected chi connectivity index (χ3v) is 4.88. The van der Waals surface area contributed by atoms with Crippen LogP contribution in [0.25, 0.3) is 0 Å². The molecule has 0 bridgehead atoms. The lowest BCUT2D eigenvalue weighted by molar-refractivity contribution is 0.411. The van der Waals surface area contributed by atoms with Gasteiger partial charge in [-0.2, -0.15) is 0 Å². The molecule has 2 aromatic rings. The number of benzene rings is 1. The van der Waals surface area contributed by atoms with E-state index in [2.05, 4.69) is 36.3 Å². The highest BCUT2D eigenvalue weighted by Gasteiger charge is 2.08. The molecule has 0 unspecified atom stereocenters. The third-order valence-electron chi connectivity index (χ3n) is 2.60. The molecule has 0 aliphatic carbocycles. The first-order chi connectivity index (χ1) is 8.63.